The SMILES string of the molecule is Cc1c(C(=O)O)cccc1-n1c2c(c3ccccc31)CCCC2. The molecule has 0 aliphatic heterocycles. The van der Waals surface area contributed by atoms with Crippen LogP contribution in [0.3, 0.4) is 0 Å². The van der Waals surface area contributed by atoms with Crippen molar-refractivity contribution >= 4 is 16.9 Å². The van der Waals surface area contributed by atoms with Crippen molar-refractivity contribution in [2.45, 2.75) is 32.6 Å². The van der Waals surface area contributed by atoms with Crippen LogP contribution in [0.25, 0.3) is 16.6 Å². The van der Waals surface area contributed by atoms with E-state index in [0.717, 1.165) is 24.1 Å². The third kappa shape index (κ3) is 2.07. The van der Waals surface area contributed by atoms with Crippen LogP contribution in [0.2, 0.25) is 0 Å². The summed E-state index contributed by atoms with van der Waals surface area (Å²) in [5.74, 6) is -0.866. The standard InChI is InChI=1S/C20H19NO2/c1-13-14(20(22)23)9-6-12-17(13)21-18-10-4-2-7-15(18)16-8-3-5-11-19(16)21/h2,4,6-7,9-10,12H,3,5,8,11H2,1H3,(H,22,23). The second-order valence-corrected chi connectivity index (χ2v) is 6.24. The van der Waals surface area contributed by atoms with Crippen LogP contribution in [0.4, 0.5) is 0 Å². The molecule has 0 bridgehead atoms. The molecule has 0 atom stereocenters. The first kappa shape index (κ1) is 14.1. The highest BCUT2D eigenvalue weighted by Crippen LogP contribution is 2.35. The van der Waals surface area contributed by atoms with Crippen LogP contribution in [0.5, 0.6) is 0 Å². The third-order valence-electron chi connectivity index (χ3n) is 4.96. The van der Waals surface area contributed by atoms with Crippen molar-refractivity contribution in [1.82, 2.24) is 4.57 Å². The molecule has 0 fully saturated rings. The van der Waals surface area contributed by atoms with E-state index in [0.29, 0.717) is 5.56 Å². The van der Waals surface area contributed by atoms with Crippen molar-refractivity contribution in [2.75, 3.05) is 0 Å². The van der Waals surface area contributed by atoms with Gasteiger partial charge < -0.3 is 9.67 Å². The number of benzene rings is 2. The average molecular weight is 305 g/mol. The van der Waals surface area contributed by atoms with Gasteiger partial charge in [0, 0.05) is 16.8 Å². The Morgan fingerprint density at radius 1 is 1.04 bits per heavy atom. The van der Waals surface area contributed by atoms with Crippen LogP contribution in [-0.4, -0.2) is 15.6 Å². The zero-order valence-corrected chi connectivity index (χ0v) is 13.2. The smallest absolute Gasteiger partial charge is 0.336 e. The topological polar surface area (TPSA) is 42.2 Å². The van der Waals surface area contributed by atoms with Gasteiger partial charge in [0.05, 0.1) is 11.1 Å². The van der Waals surface area contributed by atoms with Crippen molar-refractivity contribution in [2.24, 2.45) is 0 Å². The maximum absolute atomic E-state index is 11.5. The summed E-state index contributed by atoms with van der Waals surface area (Å²) in [4.78, 5) is 11.5. The van der Waals surface area contributed by atoms with E-state index in [4.69, 9.17) is 0 Å². The van der Waals surface area contributed by atoms with Crippen LogP contribution in [0.1, 0.15) is 40.0 Å². The Kier molecular flexibility index (Phi) is 3.22. The van der Waals surface area contributed by atoms with Crippen molar-refractivity contribution in [3.05, 3.63) is 64.8 Å². The Bertz CT molecular complexity index is 921. The molecule has 0 saturated heterocycles. The van der Waals surface area contributed by atoms with E-state index < -0.39 is 5.97 Å². The highest BCUT2D eigenvalue weighted by Gasteiger charge is 2.22. The molecule has 0 spiro atoms. The number of hydrogen-bond donors (Lipinski definition) is 1. The molecular weight excluding hydrogens is 286 g/mol. The first-order valence-corrected chi connectivity index (χ1v) is 8.13. The van der Waals surface area contributed by atoms with Crippen LogP contribution in [0.15, 0.2) is 42.5 Å². The maximum Gasteiger partial charge on any atom is 0.336 e. The summed E-state index contributed by atoms with van der Waals surface area (Å²) in [7, 11) is 0. The Morgan fingerprint density at radius 2 is 1.83 bits per heavy atom. The van der Waals surface area contributed by atoms with Gasteiger partial charge >= 0.3 is 5.97 Å². The van der Waals surface area contributed by atoms with Gasteiger partial charge in [0.2, 0.25) is 0 Å². The lowest BCUT2D eigenvalue weighted by atomic mass is 9.95. The Morgan fingerprint density at radius 3 is 2.65 bits per heavy atom. The number of fused-ring (bicyclic) bond motifs is 3. The molecule has 0 saturated carbocycles. The van der Waals surface area contributed by atoms with Gasteiger partial charge in [0.1, 0.15) is 0 Å². The van der Waals surface area contributed by atoms with E-state index in [1.54, 1.807) is 6.07 Å². The summed E-state index contributed by atoms with van der Waals surface area (Å²) in [6.07, 6.45) is 4.59. The minimum atomic E-state index is -0.866. The number of para-hydroxylation sites is 1. The molecular formula is C20H19NO2. The molecule has 1 heterocycles. The minimum absolute atomic E-state index is 0.379. The Balaban J connectivity index is 2.07. The zero-order chi connectivity index (χ0) is 16.0. The van der Waals surface area contributed by atoms with Crippen molar-refractivity contribution in [3.8, 4) is 5.69 Å². The van der Waals surface area contributed by atoms with Gasteiger partial charge in [-0.2, -0.15) is 0 Å². The second-order valence-electron chi connectivity index (χ2n) is 6.24. The number of carboxylic acid groups (broad SMARTS) is 1. The summed E-state index contributed by atoms with van der Waals surface area (Å²) >= 11 is 0. The monoisotopic (exact) mass is 305 g/mol. The fourth-order valence-corrected chi connectivity index (χ4v) is 3.87. The van der Waals surface area contributed by atoms with Gasteiger partial charge in [-0.3, -0.25) is 0 Å². The number of rotatable bonds is 2. The third-order valence-corrected chi connectivity index (χ3v) is 4.96. The molecule has 0 amide bonds. The van der Waals surface area contributed by atoms with E-state index in [2.05, 4.69) is 28.8 Å². The molecule has 0 unspecified atom stereocenters. The second kappa shape index (κ2) is 5.27. The molecule has 0 radical (unpaired) electrons. The average Bonchev–Trinajstić information content (AvgIpc) is 2.89. The highest BCUT2D eigenvalue weighted by atomic mass is 16.4. The minimum Gasteiger partial charge on any atom is -0.478 e. The number of carbonyl (C=O) groups is 1. The summed E-state index contributed by atoms with van der Waals surface area (Å²) in [6.45, 7) is 1.91. The molecule has 3 nitrogen and oxygen atoms in total. The lowest BCUT2D eigenvalue weighted by Gasteiger charge is -2.18. The molecule has 1 aromatic heterocycles. The van der Waals surface area contributed by atoms with Crippen molar-refractivity contribution in [3.63, 3.8) is 0 Å². The van der Waals surface area contributed by atoms with Crippen molar-refractivity contribution in [1.29, 1.82) is 0 Å². The fraction of sp³-hybridized carbons (Fsp3) is 0.250. The normalized spacial score (nSPS) is 14.0. The van der Waals surface area contributed by atoms with Gasteiger partial charge in [0.15, 0.2) is 0 Å². The summed E-state index contributed by atoms with van der Waals surface area (Å²) < 4.78 is 2.28. The summed E-state index contributed by atoms with van der Waals surface area (Å²) in [5, 5.41) is 10.7. The molecule has 1 aliphatic carbocycles. The molecule has 1 N–H and O–H groups in total. The number of aromatic carboxylic acids is 1. The lowest BCUT2D eigenvalue weighted by Crippen LogP contribution is -2.10. The molecule has 116 valence electrons. The molecule has 3 heteroatoms. The summed E-state index contributed by atoms with van der Waals surface area (Å²) in [6, 6.07) is 14.0. The number of aromatic nitrogens is 1. The fourth-order valence-electron chi connectivity index (χ4n) is 3.87. The van der Waals surface area contributed by atoms with Crippen molar-refractivity contribution < 1.29 is 9.90 Å². The molecule has 4 rings (SSSR count). The number of nitrogens with zero attached hydrogens (tertiary/aromatic N) is 1. The molecule has 23 heavy (non-hydrogen) atoms. The van der Waals surface area contributed by atoms with Gasteiger partial charge in [-0.05, 0) is 61.9 Å². The largest absolute Gasteiger partial charge is 0.478 e. The quantitative estimate of drug-likeness (QED) is 0.756. The van der Waals surface area contributed by atoms with Crippen LogP contribution in [-0.2, 0) is 12.8 Å². The number of carboxylic acids is 1. The van der Waals surface area contributed by atoms with Gasteiger partial charge in [0.25, 0.3) is 0 Å². The number of aryl methyl sites for hydroxylation is 1. The van der Waals surface area contributed by atoms with Crippen LogP contribution < -0.4 is 0 Å². The predicted molar refractivity (Wildman–Crippen MR) is 91.6 cm³/mol. The van der Waals surface area contributed by atoms with Gasteiger partial charge in [-0.15, -0.1) is 0 Å². The zero-order valence-electron chi connectivity index (χ0n) is 13.2. The number of hydrogen-bond acceptors (Lipinski definition) is 1. The Labute approximate surface area is 135 Å². The first-order valence-electron chi connectivity index (χ1n) is 8.13. The van der Waals surface area contributed by atoms with E-state index in [9.17, 15) is 9.90 Å². The Hall–Kier alpha value is -2.55. The van der Waals surface area contributed by atoms with E-state index >= 15 is 0 Å². The lowest BCUT2D eigenvalue weighted by molar-refractivity contribution is 0.0696. The van der Waals surface area contributed by atoms with Gasteiger partial charge in [-0.25, -0.2) is 4.79 Å². The van der Waals surface area contributed by atoms with E-state index in [1.165, 1.54) is 35.0 Å². The van der Waals surface area contributed by atoms with E-state index in [1.807, 2.05) is 19.1 Å². The van der Waals surface area contributed by atoms with Gasteiger partial charge in [-0.1, -0.05) is 24.3 Å². The summed E-state index contributed by atoms with van der Waals surface area (Å²) in [5.41, 5.74) is 6.17. The first-order chi connectivity index (χ1) is 11.2. The predicted octanol–water partition coefficient (Wildman–Crippen LogP) is 4.52. The molecule has 1 aliphatic rings. The maximum atomic E-state index is 11.5. The molecule has 3 aromatic rings. The highest BCUT2D eigenvalue weighted by molar-refractivity contribution is 5.92. The molecule has 2 aromatic carbocycles. The van der Waals surface area contributed by atoms with Crippen LogP contribution >= 0.6 is 0 Å². The van der Waals surface area contributed by atoms with Crippen LogP contribution in [0, 0.1) is 6.92 Å². The van der Waals surface area contributed by atoms with E-state index in [-0.39, 0.29) is 0 Å².